The highest BCUT2D eigenvalue weighted by molar-refractivity contribution is 7.90. The van der Waals surface area contributed by atoms with Gasteiger partial charge in [-0.05, 0) is 37.5 Å². The third-order valence-corrected chi connectivity index (χ3v) is 7.37. The largest absolute Gasteiger partial charge is 0.364 e. The number of aromatic nitrogens is 2. The van der Waals surface area contributed by atoms with Crippen LogP contribution in [0, 0.1) is 0 Å². The molecule has 170 valence electrons. The molecule has 1 fully saturated rings. The number of hydrogen-bond acceptors (Lipinski definition) is 5. The van der Waals surface area contributed by atoms with Crippen molar-refractivity contribution in [2.24, 2.45) is 0 Å². The number of aryl methyl sites for hydroxylation is 1. The quantitative estimate of drug-likeness (QED) is 0.664. The normalized spacial score (nSPS) is 26.2. The first-order valence-corrected chi connectivity index (χ1v) is 12.7. The van der Waals surface area contributed by atoms with Crippen LogP contribution >= 0.6 is 11.6 Å². The molecule has 0 unspecified atom stereocenters. The molecule has 2 atom stereocenters. The zero-order valence-electron chi connectivity index (χ0n) is 17.5. The number of likely N-dealkylation sites (tertiary alicyclic amines) is 1. The van der Waals surface area contributed by atoms with Crippen LogP contribution in [-0.4, -0.2) is 54.3 Å². The van der Waals surface area contributed by atoms with Gasteiger partial charge in [0.1, 0.15) is 16.4 Å². The molecule has 2 aromatic rings. The summed E-state index contributed by atoms with van der Waals surface area (Å²) in [6, 6.07) is 4.64. The lowest BCUT2D eigenvalue weighted by molar-refractivity contribution is -0.190. The predicted octanol–water partition coefficient (Wildman–Crippen LogP) is 3.58. The maximum absolute atomic E-state index is 14.4. The lowest BCUT2D eigenvalue weighted by Crippen LogP contribution is -2.52. The van der Waals surface area contributed by atoms with Crippen molar-refractivity contribution in [3.63, 3.8) is 0 Å². The Bertz CT molecular complexity index is 1080. The van der Waals surface area contributed by atoms with Crippen LogP contribution in [-0.2, 0) is 39.2 Å². The number of piperidine rings is 1. The van der Waals surface area contributed by atoms with Gasteiger partial charge in [0, 0.05) is 47.7 Å². The second kappa shape index (κ2) is 8.10. The lowest BCUT2D eigenvalue weighted by atomic mass is 9.76. The minimum absolute atomic E-state index is 0.0101. The fourth-order valence-corrected chi connectivity index (χ4v) is 5.26. The zero-order chi connectivity index (χ0) is 22.4. The minimum atomic E-state index is -3.05. The third kappa shape index (κ3) is 4.79. The Morgan fingerprint density at radius 1 is 1.32 bits per heavy atom. The maximum Gasteiger partial charge on any atom is 0.296 e. The number of hydrogen-bond donors (Lipinski definition) is 0. The second-order valence-corrected chi connectivity index (χ2v) is 11.4. The Morgan fingerprint density at radius 2 is 2.10 bits per heavy atom. The summed E-state index contributed by atoms with van der Waals surface area (Å²) >= 11 is 6.14. The van der Waals surface area contributed by atoms with Gasteiger partial charge >= 0.3 is 0 Å². The number of sulfone groups is 1. The summed E-state index contributed by atoms with van der Waals surface area (Å²) in [5.41, 5.74) is 0.723. The van der Waals surface area contributed by atoms with Crippen LogP contribution in [0.1, 0.15) is 36.5 Å². The molecule has 0 N–H and O–H groups in total. The standard InChI is InChI=1S/C21H26ClF2N3O3S/c1-15-10-20(19-9-17(22)3-4-18(19)21(23,24)14-30-20)5-6-26(15)12-16-11-25-27(13-16)7-8-31(2,28)29/h3-4,9,11,13,15H,5-8,10,12,14H2,1-2H3/t15-,20+/m0/s1. The average Bonchev–Trinajstić information content (AvgIpc) is 3.13. The van der Waals surface area contributed by atoms with Crippen LogP contribution in [0.4, 0.5) is 8.78 Å². The first kappa shape index (κ1) is 22.6. The molecule has 4 rings (SSSR count). The zero-order valence-corrected chi connectivity index (χ0v) is 19.1. The first-order chi connectivity index (χ1) is 14.5. The van der Waals surface area contributed by atoms with E-state index >= 15 is 0 Å². The Labute approximate surface area is 186 Å². The molecule has 0 amide bonds. The summed E-state index contributed by atoms with van der Waals surface area (Å²) in [5, 5.41) is 4.68. The lowest BCUT2D eigenvalue weighted by Gasteiger charge is -2.49. The smallest absolute Gasteiger partial charge is 0.296 e. The van der Waals surface area contributed by atoms with Gasteiger partial charge in [0.25, 0.3) is 5.92 Å². The fraction of sp³-hybridized carbons (Fsp3) is 0.571. The van der Waals surface area contributed by atoms with Crippen LogP contribution in [0.2, 0.25) is 5.02 Å². The summed E-state index contributed by atoms with van der Waals surface area (Å²) in [7, 11) is -3.05. The van der Waals surface area contributed by atoms with Crippen molar-refractivity contribution in [2.45, 2.75) is 50.4 Å². The minimum Gasteiger partial charge on any atom is -0.364 e. The van der Waals surface area contributed by atoms with Crippen molar-refractivity contribution in [3.8, 4) is 0 Å². The molecule has 10 heteroatoms. The van der Waals surface area contributed by atoms with Gasteiger partial charge < -0.3 is 4.74 Å². The Hall–Kier alpha value is -1.55. The van der Waals surface area contributed by atoms with Gasteiger partial charge in [-0.2, -0.15) is 13.9 Å². The molecular weight excluding hydrogens is 448 g/mol. The van der Waals surface area contributed by atoms with Crippen LogP contribution in [0.15, 0.2) is 30.6 Å². The second-order valence-electron chi connectivity index (χ2n) is 8.69. The van der Waals surface area contributed by atoms with Crippen molar-refractivity contribution in [1.29, 1.82) is 0 Å². The summed E-state index contributed by atoms with van der Waals surface area (Å²) in [5.74, 6) is -2.98. The summed E-state index contributed by atoms with van der Waals surface area (Å²) in [6.45, 7) is 3.08. The van der Waals surface area contributed by atoms with E-state index in [1.807, 2.05) is 6.20 Å². The molecule has 0 saturated carbocycles. The van der Waals surface area contributed by atoms with Crippen molar-refractivity contribution in [3.05, 3.63) is 52.3 Å². The molecule has 0 radical (unpaired) electrons. The molecule has 6 nitrogen and oxygen atoms in total. The van der Waals surface area contributed by atoms with Gasteiger partial charge in [0.05, 0.1) is 24.1 Å². The summed E-state index contributed by atoms with van der Waals surface area (Å²) in [4.78, 5) is 2.27. The molecule has 1 saturated heterocycles. The number of alkyl halides is 2. The van der Waals surface area contributed by atoms with Crippen molar-refractivity contribution in [1.82, 2.24) is 14.7 Å². The molecule has 2 aliphatic rings. The topological polar surface area (TPSA) is 64.4 Å². The van der Waals surface area contributed by atoms with E-state index in [0.717, 1.165) is 5.56 Å². The van der Waals surface area contributed by atoms with E-state index in [2.05, 4.69) is 16.9 Å². The number of fused-ring (bicyclic) bond motifs is 2. The number of ether oxygens (including phenoxy) is 1. The van der Waals surface area contributed by atoms with Crippen LogP contribution in [0.25, 0.3) is 0 Å². The van der Waals surface area contributed by atoms with Crippen LogP contribution in [0.3, 0.4) is 0 Å². The third-order valence-electron chi connectivity index (χ3n) is 6.21. The molecule has 0 bridgehead atoms. The van der Waals surface area contributed by atoms with Gasteiger partial charge in [-0.25, -0.2) is 8.42 Å². The molecule has 1 spiro atoms. The highest BCUT2D eigenvalue weighted by Gasteiger charge is 2.51. The molecule has 1 aromatic carbocycles. The number of benzene rings is 1. The summed E-state index contributed by atoms with van der Waals surface area (Å²) in [6.07, 6.45) is 5.97. The SMILES string of the molecule is C[C@H]1C[C@@]2(CCN1Cc1cnn(CCS(C)(=O)=O)c1)OCC(F)(F)c1ccc(Cl)cc12. The van der Waals surface area contributed by atoms with E-state index in [9.17, 15) is 17.2 Å². The van der Waals surface area contributed by atoms with E-state index in [0.29, 0.717) is 43.1 Å². The van der Waals surface area contributed by atoms with Crippen LogP contribution in [0.5, 0.6) is 0 Å². The molecule has 0 aliphatic carbocycles. The van der Waals surface area contributed by atoms with E-state index in [-0.39, 0.29) is 17.4 Å². The van der Waals surface area contributed by atoms with Crippen molar-refractivity contribution < 1.29 is 21.9 Å². The summed E-state index contributed by atoms with van der Waals surface area (Å²) < 4.78 is 59.1. The van der Waals surface area contributed by atoms with E-state index in [1.54, 1.807) is 16.9 Å². The Kier molecular flexibility index (Phi) is 5.91. The number of rotatable bonds is 5. The predicted molar refractivity (Wildman–Crippen MR) is 114 cm³/mol. The fourth-order valence-electron chi connectivity index (χ4n) is 4.56. The average molecular weight is 474 g/mol. The van der Waals surface area contributed by atoms with E-state index in [4.69, 9.17) is 16.3 Å². The van der Waals surface area contributed by atoms with E-state index in [1.165, 1.54) is 18.4 Å². The molecule has 3 heterocycles. The van der Waals surface area contributed by atoms with E-state index < -0.39 is 28.0 Å². The van der Waals surface area contributed by atoms with Crippen LogP contribution < -0.4 is 0 Å². The first-order valence-electron chi connectivity index (χ1n) is 10.2. The Morgan fingerprint density at radius 3 is 2.81 bits per heavy atom. The number of nitrogens with zero attached hydrogens (tertiary/aromatic N) is 3. The highest BCUT2D eigenvalue weighted by Crippen LogP contribution is 2.50. The van der Waals surface area contributed by atoms with Crippen molar-refractivity contribution in [2.75, 3.05) is 25.2 Å². The molecule has 31 heavy (non-hydrogen) atoms. The Balaban J connectivity index is 1.47. The van der Waals surface area contributed by atoms with Gasteiger partial charge in [-0.3, -0.25) is 9.58 Å². The van der Waals surface area contributed by atoms with Crippen molar-refractivity contribution >= 4 is 21.4 Å². The molecule has 1 aromatic heterocycles. The maximum atomic E-state index is 14.4. The monoisotopic (exact) mass is 473 g/mol. The van der Waals surface area contributed by atoms with Gasteiger partial charge in [-0.1, -0.05) is 17.7 Å². The number of halogens is 3. The van der Waals surface area contributed by atoms with Gasteiger partial charge in [0.2, 0.25) is 0 Å². The van der Waals surface area contributed by atoms with Gasteiger partial charge in [0.15, 0.2) is 0 Å². The molecular formula is C21H26ClF2N3O3S. The van der Waals surface area contributed by atoms with Gasteiger partial charge in [-0.15, -0.1) is 0 Å². The highest BCUT2D eigenvalue weighted by atomic mass is 35.5. The molecule has 2 aliphatic heterocycles.